The average molecular weight is 458 g/mol. The number of hydrogen-bond donors (Lipinski definition) is 1. The Balaban J connectivity index is 1.68. The van der Waals surface area contributed by atoms with Crippen molar-refractivity contribution in [3.63, 3.8) is 0 Å². The zero-order valence-corrected chi connectivity index (χ0v) is 17.7. The molecular formula is C24H21F3N2O4. The van der Waals surface area contributed by atoms with Gasteiger partial charge in [0, 0.05) is 29.6 Å². The maximum atomic E-state index is 13.5. The minimum Gasteiger partial charge on any atom is -0.492 e. The fourth-order valence-corrected chi connectivity index (χ4v) is 3.98. The zero-order chi connectivity index (χ0) is 23.6. The van der Waals surface area contributed by atoms with Crippen LogP contribution in [0.25, 0.3) is 10.8 Å². The largest absolute Gasteiger partial charge is 0.492 e. The Labute approximate surface area is 187 Å². The Morgan fingerprint density at radius 2 is 1.88 bits per heavy atom. The molecule has 0 bridgehead atoms. The molecule has 33 heavy (non-hydrogen) atoms. The number of alkyl halides is 3. The molecule has 2 aromatic carbocycles. The van der Waals surface area contributed by atoms with Crippen molar-refractivity contribution in [1.29, 1.82) is 0 Å². The number of ketones is 1. The highest BCUT2D eigenvalue weighted by atomic mass is 19.4. The summed E-state index contributed by atoms with van der Waals surface area (Å²) in [6, 6.07) is 12.0. The van der Waals surface area contributed by atoms with Crippen LogP contribution in [0.4, 0.5) is 13.2 Å². The summed E-state index contributed by atoms with van der Waals surface area (Å²) in [5.41, 5.74) is 1.33. The van der Waals surface area contributed by atoms with Crippen molar-refractivity contribution in [2.75, 3.05) is 19.8 Å². The first-order valence-corrected chi connectivity index (χ1v) is 10.5. The SMILES string of the molecule is CCOc1nccc2c(C(=O)c3cccc4c3OCCC4CNC(=O)C(F)(F)F)cccc12. The molecule has 3 aromatic rings. The lowest BCUT2D eigenvalue weighted by Gasteiger charge is -2.27. The van der Waals surface area contributed by atoms with E-state index in [1.165, 1.54) is 0 Å². The van der Waals surface area contributed by atoms with Crippen LogP contribution in [-0.2, 0) is 4.79 Å². The van der Waals surface area contributed by atoms with Crippen molar-refractivity contribution in [3.8, 4) is 11.6 Å². The number of aromatic nitrogens is 1. The topological polar surface area (TPSA) is 77.5 Å². The van der Waals surface area contributed by atoms with Crippen molar-refractivity contribution in [2.24, 2.45) is 0 Å². The predicted molar refractivity (Wildman–Crippen MR) is 115 cm³/mol. The van der Waals surface area contributed by atoms with Gasteiger partial charge in [-0.1, -0.05) is 24.3 Å². The van der Waals surface area contributed by atoms with Gasteiger partial charge in [-0.15, -0.1) is 0 Å². The van der Waals surface area contributed by atoms with E-state index in [0.29, 0.717) is 52.1 Å². The molecule has 1 atom stereocenters. The van der Waals surface area contributed by atoms with Gasteiger partial charge in [-0.2, -0.15) is 13.2 Å². The lowest BCUT2D eigenvalue weighted by atomic mass is 9.88. The second-order valence-electron chi connectivity index (χ2n) is 7.54. The van der Waals surface area contributed by atoms with Crippen LogP contribution in [0.5, 0.6) is 11.6 Å². The number of para-hydroxylation sites is 1. The van der Waals surface area contributed by atoms with Gasteiger partial charge in [0.15, 0.2) is 5.78 Å². The Morgan fingerprint density at radius 3 is 2.64 bits per heavy atom. The van der Waals surface area contributed by atoms with Crippen molar-refractivity contribution in [3.05, 3.63) is 65.4 Å². The number of fused-ring (bicyclic) bond motifs is 2. The third-order valence-electron chi connectivity index (χ3n) is 5.50. The van der Waals surface area contributed by atoms with Crippen molar-refractivity contribution in [1.82, 2.24) is 10.3 Å². The summed E-state index contributed by atoms with van der Waals surface area (Å²) in [5.74, 6) is -1.93. The van der Waals surface area contributed by atoms with Gasteiger partial charge in [0.1, 0.15) is 5.75 Å². The number of hydrogen-bond acceptors (Lipinski definition) is 5. The van der Waals surface area contributed by atoms with E-state index in [2.05, 4.69) is 4.98 Å². The number of nitrogens with zero attached hydrogens (tertiary/aromatic N) is 1. The third-order valence-corrected chi connectivity index (χ3v) is 5.50. The molecule has 9 heteroatoms. The summed E-state index contributed by atoms with van der Waals surface area (Å²) in [6.07, 6.45) is -2.96. The second kappa shape index (κ2) is 9.09. The van der Waals surface area contributed by atoms with Crippen molar-refractivity contribution in [2.45, 2.75) is 25.4 Å². The smallest absolute Gasteiger partial charge is 0.471 e. The van der Waals surface area contributed by atoms with E-state index < -0.39 is 18.0 Å². The monoisotopic (exact) mass is 458 g/mol. The van der Waals surface area contributed by atoms with Crippen LogP contribution >= 0.6 is 0 Å². The molecule has 0 radical (unpaired) electrons. The molecule has 1 aliphatic heterocycles. The molecule has 0 aliphatic carbocycles. The normalized spacial score (nSPS) is 15.5. The van der Waals surface area contributed by atoms with Gasteiger partial charge < -0.3 is 14.8 Å². The van der Waals surface area contributed by atoms with Gasteiger partial charge in [-0.3, -0.25) is 9.59 Å². The van der Waals surface area contributed by atoms with E-state index in [0.717, 1.165) is 0 Å². The number of pyridine rings is 1. The first kappa shape index (κ1) is 22.6. The van der Waals surface area contributed by atoms with Gasteiger partial charge >= 0.3 is 12.1 Å². The van der Waals surface area contributed by atoms with Crippen LogP contribution in [-0.4, -0.2) is 42.6 Å². The van der Waals surface area contributed by atoms with Gasteiger partial charge in [0.2, 0.25) is 5.88 Å². The maximum Gasteiger partial charge on any atom is 0.471 e. The van der Waals surface area contributed by atoms with E-state index in [1.807, 2.05) is 18.3 Å². The van der Waals surface area contributed by atoms with E-state index in [4.69, 9.17) is 9.47 Å². The number of halogens is 3. The lowest BCUT2D eigenvalue weighted by Crippen LogP contribution is -2.39. The fourth-order valence-electron chi connectivity index (χ4n) is 3.98. The molecule has 1 unspecified atom stereocenters. The molecule has 0 fully saturated rings. The number of rotatable bonds is 6. The third kappa shape index (κ3) is 4.48. The lowest BCUT2D eigenvalue weighted by molar-refractivity contribution is -0.173. The van der Waals surface area contributed by atoms with E-state index in [1.54, 1.807) is 42.6 Å². The number of carbonyl (C=O) groups is 2. The fraction of sp³-hybridized carbons (Fsp3) is 0.292. The van der Waals surface area contributed by atoms with E-state index in [-0.39, 0.29) is 18.9 Å². The van der Waals surface area contributed by atoms with Gasteiger partial charge in [0.05, 0.1) is 18.8 Å². The summed E-state index contributed by atoms with van der Waals surface area (Å²) in [5, 5.41) is 3.30. The highest BCUT2D eigenvalue weighted by Crippen LogP contribution is 2.38. The Kier molecular flexibility index (Phi) is 6.22. The Morgan fingerprint density at radius 1 is 1.12 bits per heavy atom. The number of carbonyl (C=O) groups excluding carboxylic acids is 2. The molecule has 1 aliphatic rings. The second-order valence-corrected chi connectivity index (χ2v) is 7.54. The molecule has 0 saturated heterocycles. The molecule has 0 saturated carbocycles. The molecule has 6 nitrogen and oxygen atoms in total. The Bertz CT molecular complexity index is 1210. The van der Waals surface area contributed by atoms with Crippen LogP contribution in [0.1, 0.15) is 40.7 Å². The van der Waals surface area contributed by atoms with Crippen LogP contribution < -0.4 is 14.8 Å². The molecule has 4 rings (SSSR count). The van der Waals surface area contributed by atoms with Crippen LogP contribution in [0.15, 0.2) is 48.7 Å². The number of benzene rings is 2. The van der Waals surface area contributed by atoms with Gasteiger partial charge in [0.25, 0.3) is 0 Å². The summed E-state index contributed by atoms with van der Waals surface area (Å²) >= 11 is 0. The summed E-state index contributed by atoms with van der Waals surface area (Å²) < 4.78 is 49.1. The molecule has 1 aromatic heterocycles. The van der Waals surface area contributed by atoms with Crippen LogP contribution in [0.3, 0.4) is 0 Å². The minimum atomic E-state index is -4.95. The minimum absolute atomic E-state index is 0.204. The van der Waals surface area contributed by atoms with Crippen molar-refractivity contribution < 1.29 is 32.2 Å². The first-order valence-electron chi connectivity index (χ1n) is 10.5. The quantitative estimate of drug-likeness (QED) is 0.554. The molecule has 1 amide bonds. The number of amides is 1. The summed E-state index contributed by atoms with van der Waals surface area (Å²) in [4.78, 5) is 29.0. The molecular weight excluding hydrogens is 437 g/mol. The van der Waals surface area contributed by atoms with Crippen molar-refractivity contribution >= 4 is 22.5 Å². The predicted octanol–water partition coefficient (Wildman–Crippen LogP) is 4.41. The van der Waals surface area contributed by atoms with Gasteiger partial charge in [-0.05, 0) is 42.5 Å². The first-order chi connectivity index (χ1) is 15.8. The van der Waals surface area contributed by atoms with Gasteiger partial charge in [-0.25, -0.2) is 4.98 Å². The number of ether oxygens (including phenoxy) is 2. The maximum absolute atomic E-state index is 13.5. The average Bonchev–Trinajstić information content (AvgIpc) is 2.81. The summed E-state index contributed by atoms with van der Waals surface area (Å²) in [7, 11) is 0. The molecule has 172 valence electrons. The Hall–Kier alpha value is -3.62. The molecule has 2 heterocycles. The number of nitrogens with one attached hydrogen (secondary N) is 1. The summed E-state index contributed by atoms with van der Waals surface area (Å²) in [6.45, 7) is 2.29. The van der Waals surface area contributed by atoms with Crippen LogP contribution in [0, 0.1) is 0 Å². The molecule has 1 N–H and O–H groups in total. The standard InChI is InChI=1S/C24H21F3N2O4/c1-2-32-22-18-7-4-6-17(16(18)9-11-28-22)20(30)19-8-3-5-15-14(10-12-33-21(15)19)13-29-23(31)24(25,26)27/h3-9,11,14H,2,10,12-13H2,1H3,(H,29,31). The highest BCUT2D eigenvalue weighted by Gasteiger charge is 2.39. The van der Waals surface area contributed by atoms with Crippen LogP contribution in [0.2, 0.25) is 0 Å². The van der Waals surface area contributed by atoms with E-state index >= 15 is 0 Å². The zero-order valence-electron chi connectivity index (χ0n) is 17.7. The molecule has 0 spiro atoms. The highest BCUT2D eigenvalue weighted by molar-refractivity contribution is 6.18. The van der Waals surface area contributed by atoms with E-state index in [9.17, 15) is 22.8 Å².